The first-order chi connectivity index (χ1) is 9.12. The van der Waals surface area contributed by atoms with Gasteiger partial charge < -0.3 is 15.1 Å². The Balaban J connectivity index is 0.00000361. The molecule has 0 spiro atoms. The van der Waals surface area contributed by atoms with Crippen LogP contribution < -0.4 is 5.32 Å². The van der Waals surface area contributed by atoms with Gasteiger partial charge in [-0.3, -0.25) is 14.5 Å². The van der Waals surface area contributed by atoms with E-state index in [0.717, 1.165) is 26.2 Å². The van der Waals surface area contributed by atoms with Gasteiger partial charge in [0.25, 0.3) is 0 Å². The summed E-state index contributed by atoms with van der Waals surface area (Å²) in [6.07, 6.45) is 0. The van der Waals surface area contributed by atoms with Crippen molar-refractivity contribution in [3.63, 3.8) is 0 Å². The van der Waals surface area contributed by atoms with E-state index in [9.17, 15) is 9.59 Å². The first-order valence-electron chi connectivity index (χ1n) is 7.04. The van der Waals surface area contributed by atoms with E-state index in [-0.39, 0.29) is 24.2 Å². The lowest BCUT2D eigenvalue weighted by molar-refractivity contribution is -0.134. The molecule has 0 radical (unpaired) electrons. The Bertz CT molecular complexity index is 303. The summed E-state index contributed by atoms with van der Waals surface area (Å²) in [5.41, 5.74) is 0. The number of carbonyl (C=O) groups excluding carboxylic acids is 2. The van der Waals surface area contributed by atoms with E-state index in [2.05, 4.69) is 10.2 Å². The molecule has 1 heterocycles. The summed E-state index contributed by atoms with van der Waals surface area (Å²) in [6, 6.07) is 0. The fourth-order valence-electron chi connectivity index (χ4n) is 2.29. The molecule has 0 aromatic rings. The lowest BCUT2D eigenvalue weighted by atomic mass is 10.3. The van der Waals surface area contributed by atoms with E-state index < -0.39 is 0 Å². The highest BCUT2D eigenvalue weighted by Gasteiger charge is 2.22. The van der Waals surface area contributed by atoms with Crippen molar-refractivity contribution in [3.05, 3.63) is 0 Å². The minimum atomic E-state index is 0. The van der Waals surface area contributed by atoms with Crippen LogP contribution in [0.4, 0.5) is 0 Å². The topological polar surface area (TPSA) is 55.9 Å². The Hall–Kier alpha value is -0.850. The number of nitrogens with zero attached hydrogens (tertiary/aromatic N) is 3. The third-order valence-corrected chi connectivity index (χ3v) is 3.53. The van der Waals surface area contributed by atoms with Gasteiger partial charge in [0.05, 0.1) is 13.1 Å². The number of amides is 2. The van der Waals surface area contributed by atoms with Crippen molar-refractivity contribution in [1.82, 2.24) is 20.0 Å². The Labute approximate surface area is 127 Å². The fraction of sp³-hybridized carbons (Fsp3) is 0.846. The van der Waals surface area contributed by atoms with Crippen molar-refractivity contribution in [2.45, 2.75) is 13.8 Å². The SMILES string of the molecule is CCN(CC)C(=O)CN1CCN(C(=O)CNC)CC1.Cl. The van der Waals surface area contributed by atoms with Crippen molar-refractivity contribution in [2.75, 3.05) is 59.4 Å². The molecule has 1 aliphatic rings. The molecular formula is C13H27ClN4O2. The van der Waals surface area contributed by atoms with Crippen LogP contribution in [-0.4, -0.2) is 85.9 Å². The summed E-state index contributed by atoms with van der Waals surface area (Å²) in [5.74, 6) is 0.317. The average Bonchev–Trinajstić information content (AvgIpc) is 2.41. The Morgan fingerprint density at radius 2 is 1.65 bits per heavy atom. The number of nitrogens with one attached hydrogen (secondary N) is 1. The van der Waals surface area contributed by atoms with Crippen molar-refractivity contribution in [2.24, 2.45) is 0 Å². The van der Waals surface area contributed by atoms with Crippen LogP contribution in [0, 0.1) is 0 Å². The average molecular weight is 307 g/mol. The molecule has 118 valence electrons. The number of carbonyl (C=O) groups is 2. The van der Waals surface area contributed by atoms with Gasteiger partial charge in [-0.2, -0.15) is 0 Å². The van der Waals surface area contributed by atoms with E-state index in [1.807, 2.05) is 23.6 Å². The van der Waals surface area contributed by atoms with Gasteiger partial charge in [0, 0.05) is 39.3 Å². The largest absolute Gasteiger partial charge is 0.342 e. The normalized spacial score (nSPS) is 15.7. The molecule has 0 aliphatic carbocycles. The van der Waals surface area contributed by atoms with Crippen molar-refractivity contribution in [3.8, 4) is 0 Å². The number of halogens is 1. The van der Waals surface area contributed by atoms with Crippen LogP contribution >= 0.6 is 12.4 Å². The van der Waals surface area contributed by atoms with Crippen LogP contribution in [0.1, 0.15) is 13.8 Å². The van der Waals surface area contributed by atoms with Gasteiger partial charge in [0.2, 0.25) is 11.8 Å². The molecule has 7 heteroatoms. The highest BCUT2D eigenvalue weighted by molar-refractivity contribution is 5.85. The Morgan fingerprint density at radius 3 is 2.10 bits per heavy atom. The summed E-state index contributed by atoms with van der Waals surface area (Å²) in [5, 5.41) is 2.87. The molecule has 1 rings (SSSR count). The Kier molecular flexibility index (Phi) is 9.54. The minimum Gasteiger partial charge on any atom is -0.342 e. The standard InChI is InChI=1S/C13H26N4O2.ClH/c1-4-16(5-2)13(19)11-15-6-8-17(9-7-15)12(18)10-14-3;/h14H,4-11H2,1-3H3;1H. The van der Waals surface area contributed by atoms with Crippen LogP contribution in [0.2, 0.25) is 0 Å². The lowest BCUT2D eigenvalue weighted by Gasteiger charge is -2.35. The zero-order valence-corrected chi connectivity index (χ0v) is 13.5. The summed E-state index contributed by atoms with van der Waals surface area (Å²) in [7, 11) is 1.77. The van der Waals surface area contributed by atoms with Gasteiger partial charge in [-0.1, -0.05) is 0 Å². The molecule has 0 aromatic heterocycles. The molecule has 1 fully saturated rings. The molecule has 0 atom stereocenters. The molecule has 1 N–H and O–H groups in total. The van der Waals surface area contributed by atoms with Gasteiger partial charge in [0.15, 0.2) is 0 Å². The lowest BCUT2D eigenvalue weighted by Crippen LogP contribution is -2.52. The maximum atomic E-state index is 12.0. The second-order valence-electron chi connectivity index (χ2n) is 4.75. The fourth-order valence-corrected chi connectivity index (χ4v) is 2.29. The number of likely N-dealkylation sites (N-methyl/N-ethyl adjacent to an activating group) is 2. The molecule has 0 saturated carbocycles. The number of hydrogen-bond donors (Lipinski definition) is 1. The van der Waals surface area contributed by atoms with Gasteiger partial charge >= 0.3 is 0 Å². The summed E-state index contributed by atoms with van der Waals surface area (Å²) in [4.78, 5) is 29.5. The Morgan fingerprint density at radius 1 is 1.10 bits per heavy atom. The second kappa shape index (κ2) is 9.96. The van der Waals surface area contributed by atoms with Gasteiger partial charge in [-0.25, -0.2) is 0 Å². The predicted octanol–water partition coefficient (Wildman–Crippen LogP) is -0.360. The first kappa shape index (κ1) is 19.1. The molecule has 0 bridgehead atoms. The van der Waals surface area contributed by atoms with Gasteiger partial charge in [-0.15, -0.1) is 12.4 Å². The van der Waals surface area contributed by atoms with Gasteiger partial charge in [0.1, 0.15) is 0 Å². The molecule has 20 heavy (non-hydrogen) atoms. The molecule has 0 aromatic carbocycles. The zero-order valence-electron chi connectivity index (χ0n) is 12.7. The summed E-state index contributed by atoms with van der Waals surface area (Å²) < 4.78 is 0. The van der Waals surface area contributed by atoms with E-state index in [1.54, 1.807) is 7.05 Å². The van der Waals surface area contributed by atoms with Crippen molar-refractivity contribution in [1.29, 1.82) is 0 Å². The highest BCUT2D eigenvalue weighted by atomic mass is 35.5. The molecule has 6 nitrogen and oxygen atoms in total. The predicted molar refractivity (Wildman–Crippen MR) is 82.1 cm³/mol. The highest BCUT2D eigenvalue weighted by Crippen LogP contribution is 2.03. The molecular weight excluding hydrogens is 280 g/mol. The quantitative estimate of drug-likeness (QED) is 0.728. The van der Waals surface area contributed by atoms with Crippen molar-refractivity contribution < 1.29 is 9.59 Å². The summed E-state index contributed by atoms with van der Waals surface area (Å²) >= 11 is 0. The number of piperazine rings is 1. The number of rotatable bonds is 6. The molecule has 1 aliphatic heterocycles. The van der Waals surface area contributed by atoms with Crippen LogP contribution in [0.25, 0.3) is 0 Å². The smallest absolute Gasteiger partial charge is 0.236 e. The third-order valence-electron chi connectivity index (χ3n) is 3.53. The van der Waals surface area contributed by atoms with Crippen LogP contribution in [0.15, 0.2) is 0 Å². The van der Waals surface area contributed by atoms with E-state index in [1.165, 1.54) is 0 Å². The maximum absolute atomic E-state index is 12.0. The maximum Gasteiger partial charge on any atom is 0.236 e. The molecule has 2 amide bonds. The molecule has 0 unspecified atom stereocenters. The van der Waals surface area contributed by atoms with Crippen molar-refractivity contribution >= 4 is 24.2 Å². The monoisotopic (exact) mass is 306 g/mol. The van der Waals surface area contributed by atoms with Gasteiger partial charge in [-0.05, 0) is 20.9 Å². The second-order valence-corrected chi connectivity index (χ2v) is 4.75. The van der Waals surface area contributed by atoms with E-state index in [4.69, 9.17) is 0 Å². The summed E-state index contributed by atoms with van der Waals surface area (Å²) in [6.45, 7) is 9.36. The van der Waals surface area contributed by atoms with Crippen LogP contribution in [-0.2, 0) is 9.59 Å². The third kappa shape index (κ3) is 5.64. The minimum absolute atomic E-state index is 0. The van der Waals surface area contributed by atoms with E-state index in [0.29, 0.717) is 26.2 Å². The van der Waals surface area contributed by atoms with Crippen LogP contribution in [0.3, 0.4) is 0 Å². The zero-order chi connectivity index (χ0) is 14.3. The van der Waals surface area contributed by atoms with Crippen LogP contribution in [0.5, 0.6) is 0 Å². The first-order valence-corrected chi connectivity index (χ1v) is 7.04. The number of hydrogen-bond acceptors (Lipinski definition) is 4. The van der Waals surface area contributed by atoms with E-state index >= 15 is 0 Å². The molecule has 1 saturated heterocycles.